The molecule has 1 saturated heterocycles. The Labute approximate surface area is 216 Å². The number of rotatable bonds is 26. The van der Waals surface area contributed by atoms with E-state index in [1.165, 1.54) is 0 Å². The number of hydrogen-bond acceptors (Lipinski definition) is 11. The maximum atomic E-state index is 11.2. The summed E-state index contributed by atoms with van der Waals surface area (Å²) in [5.41, 5.74) is 0.375. The molecule has 1 rings (SSSR count). The minimum absolute atomic E-state index is 0.207. The number of esters is 1. The molecule has 0 atom stereocenters. The molecule has 1 N–H and O–H groups in total. The van der Waals surface area contributed by atoms with E-state index in [1.807, 2.05) is 0 Å². The molecule has 0 aromatic rings. The summed E-state index contributed by atoms with van der Waals surface area (Å²) in [6, 6.07) is 0. The van der Waals surface area contributed by atoms with Crippen LogP contribution in [0.15, 0.2) is 12.2 Å². The molecule has 11 nitrogen and oxygen atoms in total. The molecular formula is C25H47NO10. The third-order valence-electron chi connectivity index (χ3n) is 4.91. The van der Waals surface area contributed by atoms with E-state index in [9.17, 15) is 4.79 Å². The van der Waals surface area contributed by atoms with E-state index in [0.717, 1.165) is 25.9 Å². The van der Waals surface area contributed by atoms with Crippen LogP contribution in [0, 0.1) is 0 Å². The van der Waals surface area contributed by atoms with Crippen molar-refractivity contribution >= 4 is 5.97 Å². The maximum absolute atomic E-state index is 11.2. The highest BCUT2D eigenvalue weighted by Gasteiger charge is 2.12. The Kier molecular flexibility index (Phi) is 23.3. The molecule has 0 aromatic heterocycles. The normalized spacial score (nSPS) is 14.2. The van der Waals surface area contributed by atoms with Gasteiger partial charge in [-0.25, -0.2) is 4.79 Å². The van der Waals surface area contributed by atoms with Gasteiger partial charge in [-0.1, -0.05) is 6.58 Å². The smallest absolute Gasteiger partial charge is 0.333 e. The zero-order chi connectivity index (χ0) is 25.9. The summed E-state index contributed by atoms with van der Waals surface area (Å²) in [5, 5.41) is 3.32. The molecule has 0 radical (unpaired) electrons. The van der Waals surface area contributed by atoms with Crippen LogP contribution in [0.2, 0.25) is 0 Å². The van der Waals surface area contributed by atoms with Gasteiger partial charge in [-0.05, 0) is 32.9 Å². The third-order valence-corrected chi connectivity index (χ3v) is 4.91. The van der Waals surface area contributed by atoms with Crippen LogP contribution in [0.25, 0.3) is 0 Å². The Morgan fingerprint density at radius 2 is 0.944 bits per heavy atom. The summed E-state index contributed by atoms with van der Waals surface area (Å²) in [5.74, 6) is -0.407. The predicted molar refractivity (Wildman–Crippen MR) is 133 cm³/mol. The summed E-state index contributed by atoms with van der Waals surface area (Å²) in [6.07, 6.45) is 2.53. The summed E-state index contributed by atoms with van der Waals surface area (Å²) in [6.45, 7) is 15.0. The van der Waals surface area contributed by atoms with Gasteiger partial charge in [0, 0.05) is 5.57 Å². The lowest BCUT2D eigenvalue weighted by Crippen LogP contribution is -2.33. The van der Waals surface area contributed by atoms with Crippen molar-refractivity contribution in [1.82, 2.24) is 5.32 Å². The van der Waals surface area contributed by atoms with Crippen molar-refractivity contribution in [3.63, 3.8) is 0 Å². The topological polar surface area (TPSA) is 112 Å². The van der Waals surface area contributed by atoms with Crippen LogP contribution in [0.3, 0.4) is 0 Å². The molecule has 0 aliphatic carbocycles. The monoisotopic (exact) mass is 521 g/mol. The van der Waals surface area contributed by atoms with Crippen LogP contribution in [0.1, 0.15) is 19.8 Å². The molecule has 1 aliphatic rings. The van der Waals surface area contributed by atoms with Crippen LogP contribution < -0.4 is 5.32 Å². The van der Waals surface area contributed by atoms with Gasteiger partial charge in [-0.2, -0.15) is 0 Å². The number of carbonyl (C=O) groups is 1. The highest BCUT2D eigenvalue weighted by molar-refractivity contribution is 5.86. The fourth-order valence-corrected chi connectivity index (χ4v) is 2.97. The number of hydrogen-bond donors (Lipinski definition) is 1. The number of nitrogens with one attached hydrogen (secondary N) is 1. The second-order valence-electron chi connectivity index (χ2n) is 8.02. The van der Waals surface area contributed by atoms with Gasteiger partial charge < -0.3 is 47.9 Å². The summed E-state index contributed by atoms with van der Waals surface area (Å²) < 4.78 is 48.7. The van der Waals surface area contributed by atoms with Gasteiger partial charge in [0.05, 0.1) is 105 Å². The quantitative estimate of drug-likeness (QED) is 0.0999. The van der Waals surface area contributed by atoms with Gasteiger partial charge in [0.25, 0.3) is 0 Å². The Hall–Kier alpha value is -1.15. The lowest BCUT2D eigenvalue weighted by molar-refractivity contribution is -0.140. The van der Waals surface area contributed by atoms with E-state index in [2.05, 4.69) is 11.9 Å². The van der Waals surface area contributed by atoms with Crippen LogP contribution in [0.4, 0.5) is 0 Å². The standard InChI is InChI=1S/C25H47NO10/c1-23(2)25(27)36-22-20-34-18-16-32-14-12-30-10-8-28-7-9-29-11-13-31-15-17-33-19-21-35-24-3-5-26-6-4-24/h24,26H,1,3-22H2,2H3. The Balaban J connectivity index is 1.64. The fraction of sp³-hybridized carbons (Fsp3) is 0.880. The average molecular weight is 522 g/mol. The van der Waals surface area contributed by atoms with E-state index in [-0.39, 0.29) is 6.61 Å². The summed E-state index contributed by atoms with van der Waals surface area (Å²) in [4.78, 5) is 11.2. The second kappa shape index (κ2) is 25.5. The Morgan fingerprint density at radius 1 is 0.611 bits per heavy atom. The number of ether oxygens (including phenoxy) is 9. The second-order valence-corrected chi connectivity index (χ2v) is 8.02. The highest BCUT2D eigenvalue weighted by atomic mass is 16.6. The first kappa shape index (κ1) is 32.9. The van der Waals surface area contributed by atoms with E-state index >= 15 is 0 Å². The van der Waals surface area contributed by atoms with Crippen molar-refractivity contribution in [2.24, 2.45) is 0 Å². The van der Waals surface area contributed by atoms with Crippen LogP contribution in [-0.4, -0.2) is 131 Å². The largest absolute Gasteiger partial charge is 0.460 e. The van der Waals surface area contributed by atoms with Gasteiger partial charge in [0.1, 0.15) is 6.61 Å². The van der Waals surface area contributed by atoms with Crippen LogP contribution in [-0.2, 0) is 47.4 Å². The van der Waals surface area contributed by atoms with Crippen LogP contribution in [0.5, 0.6) is 0 Å². The maximum Gasteiger partial charge on any atom is 0.333 e. The van der Waals surface area contributed by atoms with E-state index in [0.29, 0.717) is 111 Å². The molecule has 0 unspecified atom stereocenters. The van der Waals surface area contributed by atoms with Gasteiger partial charge in [0.2, 0.25) is 0 Å². The highest BCUT2D eigenvalue weighted by Crippen LogP contribution is 2.06. The molecular weight excluding hydrogens is 474 g/mol. The van der Waals surface area contributed by atoms with Crippen molar-refractivity contribution in [1.29, 1.82) is 0 Å². The first-order valence-corrected chi connectivity index (χ1v) is 12.9. The lowest BCUT2D eigenvalue weighted by Gasteiger charge is -2.22. The average Bonchev–Trinajstić information content (AvgIpc) is 2.89. The lowest BCUT2D eigenvalue weighted by atomic mass is 10.1. The first-order valence-electron chi connectivity index (χ1n) is 12.9. The molecule has 0 saturated carbocycles. The van der Waals surface area contributed by atoms with E-state index in [1.54, 1.807) is 6.92 Å². The number of piperidine rings is 1. The molecule has 36 heavy (non-hydrogen) atoms. The van der Waals surface area contributed by atoms with Gasteiger partial charge >= 0.3 is 5.97 Å². The van der Waals surface area contributed by atoms with Crippen molar-refractivity contribution in [2.75, 3.05) is 119 Å². The van der Waals surface area contributed by atoms with Crippen molar-refractivity contribution in [3.05, 3.63) is 12.2 Å². The molecule has 0 aromatic carbocycles. The van der Waals surface area contributed by atoms with Gasteiger partial charge in [0.15, 0.2) is 0 Å². The van der Waals surface area contributed by atoms with E-state index in [4.69, 9.17) is 42.6 Å². The zero-order valence-corrected chi connectivity index (χ0v) is 22.0. The van der Waals surface area contributed by atoms with Crippen molar-refractivity contribution < 1.29 is 47.4 Å². The summed E-state index contributed by atoms with van der Waals surface area (Å²) in [7, 11) is 0. The van der Waals surface area contributed by atoms with Gasteiger partial charge in [-0.15, -0.1) is 0 Å². The van der Waals surface area contributed by atoms with E-state index < -0.39 is 5.97 Å². The SMILES string of the molecule is C=C(C)C(=O)OCCOCCOCCOCCOCCOCCOCCOCCOC1CCNCC1. The molecule has 1 heterocycles. The Bertz CT molecular complexity index is 517. The fourth-order valence-electron chi connectivity index (χ4n) is 2.97. The zero-order valence-electron chi connectivity index (χ0n) is 22.0. The summed E-state index contributed by atoms with van der Waals surface area (Å²) >= 11 is 0. The van der Waals surface area contributed by atoms with Crippen molar-refractivity contribution in [3.8, 4) is 0 Å². The molecule has 0 amide bonds. The molecule has 1 aliphatic heterocycles. The van der Waals surface area contributed by atoms with Crippen LogP contribution >= 0.6 is 0 Å². The molecule has 0 bridgehead atoms. The minimum Gasteiger partial charge on any atom is -0.460 e. The van der Waals surface area contributed by atoms with Gasteiger partial charge in [-0.3, -0.25) is 0 Å². The molecule has 11 heteroatoms. The van der Waals surface area contributed by atoms with Crippen molar-refractivity contribution in [2.45, 2.75) is 25.9 Å². The predicted octanol–water partition coefficient (Wildman–Crippen LogP) is 0.991. The molecule has 1 fully saturated rings. The number of carbonyl (C=O) groups excluding carboxylic acids is 1. The molecule has 212 valence electrons. The Morgan fingerprint density at radius 3 is 1.31 bits per heavy atom. The minimum atomic E-state index is -0.407. The molecule has 0 spiro atoms. The third kappa shape index (κ3) is 22.1. The first-order chi connectivity index (χ1) is 17.7.